The molecule has 0 saturated carbocycles. The Kier molecular flexibility index (Phi) is 4.19. The fourth-order valence-corrected chi connectivity index (χ4v) is 2.06. The van der Waals surface area contributed by atoms with E-state index in [1.807, 2.05) is 0 Å². The number of benzene rings is 1. The lowest BCUT2D eigenvalue weighted by molar-refractivity contribution is 0.0931. The summed E-state index contributed by atoms with van der Waals surface area (Å²) in [6, 6.07) is 8.00. The third-order valence-corrected chi connectivity index (χ3v) is 3.32. The molecule has 1 unspecified atom stereocenters. The fraction of sp³-hybridized carbons (Fsp3) is 0.125. The van der Waals surface area contributed by atoms with Crippen LogP contribution >= 0.6 is 0 Å². The van der Waals surface area contributed by atoms with Crippen molar-refractivity contribution in [1.82, 2.24) is 20.4 Å². The molecular formula is C16H13FN4O3. The number of aromatic nitrogens is 3. The Morgan fingerprint density at radius 2 is 2.04 bits per heavy atom. The van der Waals surface area contributed by atoms with Crippen LogP contribution in [0.15, 0.2) is 51.9 Å². The van der Waals surface area contributed by atoms with Crippen molar-refractivity contribution >= 4 is 5.91 Å². The van der Waals surface area contributed by atoms with Gasteiger partial charge >= 0.3 is 0 Å². The summed E-state index contributed by atoms with van der Waals surface area (Å²) < 4.78 is 18.1. The SMILES string of the molecule is CC(NC(=O)c1ccc[nH]c1=O)c1nc(-c2ccc(F)cc2)no1. The van der Waals surface area contributed by atoms with E-state index in [4.69, 9.17) is 4.52 Å². The molecule has 0 saturated heterocycles. The third-order valence-electron chi connectivity index (χ3n) is 3.32. The van der Waals surface area contributed by atoms with Crippen LogP contribution in [0.3, 0.4) is 0 Å². The monoisotopic (exact) mass is 328 g/mol. The minimum atomic E-state index is -0.598. The Labute approximate surface area is 135 Å². The summed E-state index contributed by atoms with van der Waals surface area (Å²) in [6.45, 7) is 1.65. The van der Waals surface area contributed by atoms with Crippen molar-refractivity contribution < 1.29 is 13.7 Å². The quantitative estimate of drug-likeness (QED) is 0.763. The first kappa shape index (κ1) is 15.6. The Hall–Kier alpha value is -3.29. The van der Waals surface area contributed by atoms with E-state index in [1.165, 1.54) is 36.5 Å². The number of H-pyrrole nitrogens is 1. The van der Waals surface area contributed by atoms with Crippen molar-refractivity contribution in [2.24, 2.45) is 0 Å². The van der Waals surface area contributed by atoms with Crippen molar-refractivity contribution in [2.45, 2.75) is 13.0 Å². The second kappa shape index (κ2) is 6.45. The maximum absolute atomic E-state index is 12.9. The lowest BCUT2D eigenvalue weighted by Gasteiger charge is -2.08. The lowest BCUT2D eigenvalue weighted by Crippen LogP contribution is -2.31. The molecule has 0 radical (unpaired) electrons. The van der Waals surface area contributed by atoms with Gasteiger partial charge in [-0.25, -0.2) is 4.39 Å². The molecule has 1 atom stereocenters. The number of carbonyl (C=O) groups excluding carboxylic acids is 1. The zero-order valence-corrected chi connectivity index (χ0v) is 12.6. The topological polar surface area (TPSA) is 101 Å². The molecule has 0 bridgehead atoms. The van der Waals surface area contributed by atoms with E-state index in [0.717, 1.165) is 0 Å². The Morgan fingerprint density at radius 1 is 1.29 bits per heavy atom. The van der Waals surface area contributed by atoms with E-state index >= 15 is 0 Å². The number of halogens is 1. The van der Waals surface area contributed by atoms with E-state index in [1.54, 1.807) is 13.0 Å². The van der Waals surface area contributed by atoms with Gasteiger partial charge in [0.1, 0.15) is 17.4 Å². The molecule has 8 heteroatoms. The number of hydrogen-bond donors (Lipinski definition) is 2. The summed E-state index contributed by atoms with van der Waals surface area (Å²) in [4.78, 5) is 30.3. The second-order valence-electron chi connectivity index (χ2n) is 5.07. The molecule has 2 aromatic heterocycles. The van der Waals surface area contributed by atoms with Gasteiger partial charge < -0.3 is 14.8 Å². The van der Waals surface area contributed by atoms with Gasteiger partial charge in [0.2, 0.25) is 11.7 Å². The Bertz CT molecular complexity index is 917. The zero-order valence-electron chi connectivity index (χ0n) is 12.6. The summed E-state index contributed by atoms with van der Waals surface area (Å²) >= 11 is 0. The molecule has 0 aliphatic heterocycles. The van der Waals surface area contributed by atoms with E-state index < -0.39 is 17.5 Å². The lowest BCUT2D eigenvalue weighted by atomic mass is 10.2. The highest BCUT2D eigenvalue weighted by Crippen LogP contribution is 2.19. The van der Waals surface area contributed by atoms with Gasteiger partial charge in [0.05, 0.1) is 0 Å². The number of pyridine rings is 1. The molecule has 2 N–H and O–H groups in total. The maximum Gasteiger partial charge on any atom is 0.260 e. The minimum Gasteiger partial charge on any atom is -0.340 e. The number of rotatable bonds is 4. The number of nitrogens with one attached hydrogen (secondary N) is 2. The molecule has 0 aliphatic rings. The van der Waals surface area contributed by atoms with Crippen LogP contribution in [-0.2, 0) is 0 Å². The van der Waals surface area contributed by atoms with Crippen LogP contribution in [0.2, 0.25) is 0 Å². The van der Waals surface area contributed by atoms with Crippen molar-refractivity contribution in [3.8, 4) is 11.4 Å². The molecule has 24 heavy (non-hydrogen) atoms. The first-order chi connectivity index (χ1) is 11.5. The van der Waals surface area contributed by atoms with Gasteiger partial charge in [-0.1, -0.05) is 5.16 Å². The summed E-state index contributed by atoms with van der Waals surface area (Å²) in [5, 5.41) is 6.42. The number of hydrogen-bond acceptors (Lipinski definition) is 5. The third kappa shape index (κ3) is 3.22. The molecular weight excluding hydrogens is 315 g/mol. The minimum absolute atomic E-state index is 0.0115. The van der Waals surface area contributed by atoms with E-state index in [2.05, 4.69) is 20.4 Å². The largest absolute Gasteiger partial charge is 0.340 e. The maximum atomic E-state index is 12.9. The average molecular weight is 328 g/mol. The molecule has 3 aromatic rings. The number of carbonyl (C=O) groups is 1. The Balaban J connectivity index is 1.75. The van der Waals surface area contributed by atoms with Gasteiger partial charge in [-0.05, 0) is 43.3 Å². The van der Waals surface area contributed by atoms with E-state index in [-0.39, 0.29) is 23.1 Å². The van der Waals surface area contributed by atoms with Crippen LogP contribution in [0, 0.1) is 5.82 Å². The van der Waals surface area contributed by atoms with Gasteiger partial charge in [0.15, 0.2) is 0 Å². The van der Waals surface area contributed by atoms with Crippen LogP contribution < -0.4 is 10.9 Å². The van der Waals surface area contributed by atoms with Crippen LogP contribution in [0.5, 0.6) is 0 Å². The zero-order chi connectivity index (χ0) is 17.1. The van der Waals surface area contributed by atoms with Gasteiger partial charge in [-0.3, -0.25) is 9.59 Å². The molecule has 3 rings (SSSR count). The summed E-state index contributed by atoms with van der Waals surface area (Å²) in [5.74, 6) is -0.458. The fourth-order valence-electron chi connectivity index (χ4n) is 2.06. The smallest absolute Gasteiger partial charge is 0.260 e. The van der Waals surface area contributed by atoms with Crippen molar-refractivity contribution in [3.63, 3.8) is 0 Å². The van der Waals surface area contributed by atoms with Gasteiger partial charge in [-0.2, -0.15) is 4.98 Å². The standard InChI is InChI=1S/C16H13FN4O3/c1-9(19-15(23)12-3-2-8-18-14(12)22)16-20-13(21-24-16)10-4-6-11(17)7-5-10/h2-9H,1H3,(H,18,22)(H,19,23). The highest BCUT2D eigenvalue weighted by Gasteiger charge is 2.19. The summed E-state index contributed by atoms with van der Waals surface area (Å²) in [5.41, 5.74) is 0.0896. The average Bonchev–Trinajstić information content (AvgIpc) is 3.06. The van der Waals surface area contributed by atoms with Crippen LogP contribution in [0.1, 0.15) is 29.2 Å². The van der Waals surface area contributed by atoms with E-state index in [9.17, 15) is 14.0 Å². The normalized spacial score (nSPS) is 11.9. The van der Waals surface area contributed by atoms with Gasteiger partial charge in [0.25, 0.3) is 11.5 Å². The molecule has 0 fully saturated rings. The highest BCUT2D eigenvalue weighted by atomic mass is 19.1. The van der Waals surface area contributed by atoms with Gasteiger partial charge in [0, 0.05) is 11.8 Å². The second-order valence-corrected chi connectivity index (χ2v) is 5.07. The molecule has 2 heterocycles. The molecule has 0 spiro atoms. The molecule has 1 aromatic carbocycles. The van der Waals surface area contributed by atoms with Crippen LogP contribution in [0.25, 0.3) is 11.4 Å². The van der Waals surface area contributed by atoms with Crippen molar-refractivity contribution in [2.75, 3.05) is 0 Å². The molecule has 1 amide bonds. The number of aromatic amines is 1. The molecule has 7 nitrogen and oxygen atoms in total. The van der Waals surface area contributed by atoms with Crippen molar-refractivity contribution in [3.05, 3.63) is 70.2 Å². The highest BCUT2D eigenvalue weighted by molar-refractivity contribution is 5.93. The van der Waals surface area contributed by atoms with Crippen LogP contribution in [-0.4, -0.2) is 21.0 Å². The molecule has 0 aliphatic carbocycles. The predicted molar refractivity (Wildman–Crippen MR) is 82.6 cm³/mol. The summed E-state index contributed by atoms with van der Waals surface area (Å²) in [6.07, 6.45) is 1.44. The van der Waals surface area contributed by atoms with Gasteiger partial charge in [-0.15, -0.1) is 0 Å². The first-order valence-corrected chi connectivity index (χ1v) is 7.12. The molecule has 122 valence electrons. The first-order valence-electron chi connectivity index (χ1n) is 7.12. The number of nitrogens with zero attached hydrogens (tertiary/aromatic N) is 2. The van der Waals surface area contributed by atoms with Crippen LogP contribution in [0.4, 0.5) is 4.39 Å². The van der Waals surface area contributed by atoms with E-state index in [0.29, 0.717) is 5.56 Å². The number of amides is 1. The Morgan fingerprint density at radius 3 is 2.75 bits per heavy atom. The predicted octanol–water partition coefficient (Wildman–Crippen LogP) is 2.05. The van der Waals surface area contributed by atoms with Crippen molar-refractivity contribution in [1.29, 1.82) is 0 Å². The summed E-state index contributed by atoms with van der Waals surface area (Å²) in [7, 11) is 0.